The van der Waals surface area contributed by atoms with Crippen LogP contribution >= 0.6 is 0 Å². The summed E-state index contributed by atoms with van der Waals surface area (Å²) in [5, 5.41) is 0. The van der Waals surface area contributed by atoms with Gasteiger partial charge in [0, 0.05) is 0 Å². The van der Waals surface area contributed by atoms with E-state index in [2.05, 4.69) is 17.1 Å². The highest BCUT2D eigenvalue weighted by molar-refractivity contribution is 5.75. The number of nitrogens with two attached hydrogens (primary N) is 1. The van der Waals surface area contributed by atoms with Gasteiger partial charge in [-0.25, -0.2) is 0 Å². The summed E-state index contributed by atoms with van der Waals surface area (Å²) in [7, 11) is 0. The first-order valence-corrected chi connectivity index (χ1v) is 5.50. The summed E-state index contributed by atoms with van der Waals surface area (Å²) < 4.78 is 5.24. The number of aromatic nitrogens is 1. The normalized spacial score (nSPS) is 10.8. The van der Waals surface area contributed by atoms with Crippen molar-refractivity contribution in [3.63, 3.8) is 0 Å². The van der Waals surface area contributed by atoms with Gasteiger partial charge in [0.1, 0.15) is 5.52 Å². The number of rotatable bonds is 2. The van der Waals surface area contributed by atoms with E-state index < -0.39 is 0 Å². The molecule has 2 aromatic carbocycles. The van der Waals surface area contributed by atoms with Gasteiger partial charge in [-0.1, -0.05) is 36.4 Å². The van der Waals surface area contributed by atoms with Crippen molar-refractivity contribution in [3.05, 3.63) is 59.7 Å². The van der Waals surface area contributed by atoms with E-state index in [1.54, 1.807) is 0 Å². The van der Waals surface area contributed by atoms with Crippen LogP contribution in [0.1, 0.15) is 11.1 Å². The quantitative estimate of drug-likeness (QED) is 0.728. The number of nitrogen functional groups attached to an aromatic ring is 1. The zero-order valence-corrected chi connectivity index (χ0v) is 9.26. The lowest BCUT2D eigenvalue weighted by Crippen LogP contribution is -1.87. The molecular weight excluding hydrogens is 212 g/mol. The van der Waals surface area contributed by atoms with Crippen molar-refractivity contribution in [1.82, 2.24) is 4.98 Å². The van der Waals surface area contributed by atoms with Gasteiger partial charge < -0.3 is 10.2 Å². The van der Waals surface area contributed by atoms with E-state index in [0.717, 1.165) is 17.5 Å². The van der Waals surface area contributed by atoms with Crippen LogP contribution in [-0.4, -0.2) is 4.98 Å². The molecule has 0 amide bonds. The predicted molar refractivity (Wildman–Crippen MR) is 67.7 cm³/mol. The minimum absolute atomic E-state index is 0.219. The van der Waals surface area contributed by atoms with Crippen molar-refractivity contribution >= 4 is 17.1 Å². The largest absolute Gasteiger partial charge is 0.424 e. The second-order valence-electron chi connectivity index (χ2n) is 4.02. The second kappa shape index (κ2) is 3.94. The lowest BCUT2D eigenvalue weighted by atomic mass is 10.0. The zero-order chi connectivity index (χ0) is 11.7. The Morgan fingerprint density at radius 3 is 2.65 bits per heavy atom. The Morgan fingerprint density at radius 1 is 1.00 bits per heavy atom. The number of hydrogen-bond donors (Lipinski definition) is 1. The molecule has 0 unspecified atom stereocenters. The third kappa shape index (κ3) is 1.99. The highest BCUT2D eigenvalue weighted by Crippen LogP contribution is 2.19. The standard InChI is InChI=1S/C14H12N2O/c15-14-16-12-9-11(6-7-13(12)17-14)8-10-4-2-1-3-5-10/h1-7,9H,8H2,(H2,15,16). The van der Waals surface area contributed by atoms with Gasteiger partial charge in [0.25, 0.3) is 6.01 Å². The maximum absolute atomic E-state index is 5.52. The van der Waals surface area contributed by atoms with Crippen LogP contribution < -0.4 is 5.73 Å². The van der Waals surface area contributed by atoms with Crippen LogP contribution in [0.5, 0.6) is 0 Å². The number of benzene rings is 2. The van der Waals surface area contributed by atoms with Gasteiger partial charge in [0.15, 0.2) is 5.58 Å². The minimum atomic E-state index is 0.219. The molecule has 84 valence electrons. The van der Waals surface area contributed by atoms with E-state index in [9.17, 15) is 0 Å². The van der Waals surface area contributed by atoms with Gasteiger partial charge in [0.05, 0.1) is 0 Å². The van der Waals surface area contributed by atoms with Crippen LogP contribution in [0, 0.1) is 0 Å². The van der Waals surface area contributed by atoms with E-state index in [-0.39, 0.29) is 6.01 Å². The molecule has 0 radical (unpaired) electrons. The highest BCUT2D eigenvalue weighted by atomic mass is 16.4. The smallest absolute Gasteiger partial charge is 0.292 e. The molecule has 3 aromatic rings. The van der Waals surface area contributed by atoms with Gasteiger partial charge in [-0.15, -0.1) is 0 Å². The molecule has 0 spiro atoms. The average Bonchev–Trinajstić information content (AvgIpc) is 2.70. The first kappa shape index (κ1) is 9.90. The molecule has 0 fully saturated rings. The van der Waals surface area contributed by atoms with Gasteiger partial charge >= 0.3 is 0 Å². The van der Waals surface area contributed by atoms with Gasteiger partial charge in [-0.3, -0.25) is 0 Å². The summed E-state index contributed by atoms with van der Waals surface area (Å²) in [6, 6.07) is 16.5. The van der Waals surface area contributed by atoms with Crippen molar-refractivity contribution in [2.75, 3.05) is 5.73 Å². The van der Waals surface area contributed by atoms with Crippen molar-refractivity contribution in [2.24, 2.45) is 0 Å². The Kier molecular flexibility index (Phi) is 2.29. The molecule has 17 heavy (non-hydrogen) atoms. The molecule has 2 N–H and O–H groups in total. The summed E-state index contributed by atoms with van der Waals surface area (Å²) in [6.07, 6.45) is 0.892. The molecule has 0 aliphatic heterocycles. The highest BCUT2D eigenvalue weighted by Gasteiger charge is 2.04. The van der Waals surface area contributed by atoms with Crippen LogP contribution in [0.4, 0.5) is 6.01 Å². The number of oxazole rings is 1. The van der Waals surface area contributed by atoms with Crippen LogP contribution in [0.3, 0.4) is 0 Å². The van der Waals surface area contributed by atoms with Crippen molar-refractivity contribution in [2.45, 2.75) is 6.42 Å². The maximum Gasteiger partial charge on any atom is 0.292 e. The van der Waals surface area contributed by atoms with Crippen molar-refractivity contribution in [3.8, 4) is 0 Å². The Labute approximate surface area is 98.9 Å². The average molecular weight is 224 g/mol. The number of fused-ring (bicyclic) bond motifs is 1. The van der Waals surface area contributed by atoms with Crippen molar-refractivity contribution in [1.29, 1.82) is 0 Å². The SMILES string of the molecule is Nc1nc2cc(Cc3ccccc3)ccc2o1. The summed E-state index contributed by atoms with van der Waals surface area (Å²) in [6.45, 7) is 0. The fraction of sp³-hybridized carbons (Fsp3) is 0.0714. The topological polar surface area (TPSA) is 52.0 Å². The zero-order valence-electron chi connectivity index (χ0n) is 9.26. The monoisotopic (exact) mass is 224 g/mol. The molecule has 0 aliphatic rings. The fourth-order valence-corrected chi connectivity index (χ4v) is 1.93. The third-order valence-corrected chi connectivity index (χ3v) is 2.72. The van der Waals surface area contributed by atoms with Crippen LogP contribution in [0.25, 0.3) is 11.1 Å². The first-order chi connectivity index (χ1) is 8.31. The Balaban J connectivity index is 1.95. The Hall–Kier alpha value is -2.29. The molecule has 3 nitrogen and oxygen atoms in total. The number of nitrogens with zero attached hydrogens (tertiary/aromatic N) is 1. The summed E-state index contributed by atoms with van der Waals surface area (Å²) in [5.41, 5.74) is 9.55. The van der Waals surface area contributed by atoms with E-state index in [1.165, 1.54) is 11.1 Å². The maximum atomic E-state index is 5.52. The fourth-order valence-electron chi connectivity index (χ4n) is 1.93. The summed E-state index contributed by atoms with van der Waals surface area (Å²) >= 11 is 0. The van der Waals surface area contributed by atoms with E-state index >= 15 is 0 Å². The molecule has 0 saturated carbocycles. The lowest BCUT2D eigenvalue weighted by Gasteiger charge is -2.00. The molecule has 3 heteroatoms. The molecule has 1 aromatic heterocycles. The van der Waals surface area contributed by atoms with E-state index in [0.29, 0.717) is 0 Å². The van der Waals surface area contributed by atoms with E-state index in [4.69, 9.17) is 10.2 Å². The van der Waals surface area contributed by atoms with Gasteiger partial charge in [-0.2, -0.15) is 4.98 Å². The van der Waals surface area contributed by atoms with E-state index in [1.807, 2.05) is 36.4 Å². The number of hydrogen-bond acceptors (Lipinski definition) is 3. The predicted octanol–water partition coefficient (Wildman–Crippen LogP) is 3.00. The van der Waals surface area contributed by atoms with Crippen LogP contribution in [0.15, 0.2) is 52.9 Å². The summed E-state index contributed by atoms with van der Waals surface area (Å²) in [5.74, 6) is 0. The van der Waals surface area contributed by atoms with Crippen LogP contribution in [-0.2, 0) is 6.42 Å². The molecule has 1 heterocycles. The molecule has 3 rings (SSSR count). The molecule has 0 saturated heterocycles. The summed E-state index contributed by atoms with van der Waals surface area (Å²) in [4.78, 5) is 4.13. The Bertz CT molecular complexity index is 644. The third-order valence-electron chi connectivity index (χ3n) is 2.72. The lowest BCUT2D eigenvalue weighted by molar-refractivity contribution is 0.626. The first-order valence-electron chi connectivity index (χ1n) is 5.50. The number of anilines is 1. The molecule has 0 atom stereocenters. The second-order valence-corrected chi connectivity index (χ2v) is 4.02. The van der Waals surface area contributed by atoms with Gasteiger partial charge in [-0.05, 0) is 29.7 Å². The Morgan fingerprint density at radius 2 is 1.82 bits per heavy atom. The molecule has 0 bridgehead atoms. The molecular formula is C14H12N2O. The van der Waals surface area contributed by atoms with Gasteiger partial charge in [0.2, 0.25) is 0 Å². The van der Waals surface area contributed by atoms with Crippen molar-refractivity contribution < 1.29 is 4.42 Å². The minimum Gasteiger partial charge on any atom is -0.424 e. The molecule has 0 aliphatic carbocycles. The van der Waals surface area contributed by atoms with Crippen LogP contribution in [0.2, 0.25) is 0 Å².